The summed E-state index contributed by atoms with van der Waals surface area (Å²) < 4.78 is 2.94. The lowest BCUT2D eigenvalue weighted by atomic mass is 10.1. The molecule has 0 atom stereocenters. The number of nitrogen functional groups attached to an aromatic ring is 1. The molecular weight excluding hydrogens is 316 g/mol. The van der Waals surface area contributed by atoms with Crippen LogP contribution < -0.4 is 10.6 Å². The van der Waals surface area contributed by atoms with Crippen molar-refractivity contribution < 1.29 is 0 Å². The number of aromatic nitrogens is 2. The number of halogens is 1. The first-order valence-electron chi connectivity index (χ1n) is 6.27. The van der Waals surface area contributed by atoms with Gasteiger partial charge in [0.05, 0.1) is 5.69 Å². The molecule has 4 nitrogen and oxygen atoms in total. The summed E-state index contributed by atoms with van der Waals surface area (Å²) in [6.07, 6.45) is 2.00. The summed E-state index contributed by atoms with van der Waals surface area (Å²) in [7, 11) is 4.01. The van der Waals surface area contributed by atoms with Crippen molar-refractivity contribution in [2.45, 2.75) is 0 Å². The van der Waals surface area contributed by atoms with Crippen LogP contribution >= 0.6 is 15.9 Å². The van der Waals surface area contributed by atoms with E-state index >= 15 is 0 Å². The Morgan fingerprint density at radius 2 is 2.00 bits per heavy atom. The van der Waals surface area contributed by atoms with Crippen LogP contribution in [0, 0.1) is 0 Å². The summed E-state index contributed by atoms with van der Waals surface area (Å²) in [4.78, 5) is 6.66. The smallest absolute Gasteiger partial charge is 0.139 e. The van der Waals surface area contributed by atoms with Gasteiger partial charge in [0.2, 0.25) is 0 Å². The molecule has 0 radical (unpaired) electrons. The van der Waals surface area contributed by atoms with Crippen molar-refractivity contribution in [2.24, 2.45) is 0 Å². The number of hydrogen-bond acceptors (Lipinski definition) is 3. The minimum atomic E-state index is 0.654. The maximum absolute atomic E-state index is 6.26. The molecule has 2 aromatic heterocycles. The second-order valence-corrected chi connectivity index (χ2v) is 5.78. The van der Waals surface area contributed by atoms with Gasteiger partial charge in [-0.1, -0.05) is 28.1 Å². The Hall–Kier alpha value is -2.01. The quantitative estimate of drug-likeness (QED) is 0.783. The third kappa shape index (κ3) is 2.14. The van der Waals surface area contributed by atoms with Gasteiger partial charge in [-0.3, -0.25) is 4.40 Å². The van der Waals surface area contributed by atoms with Crippen LogP contribution in [0.1, 0.15) is 0 Å². The first-order chi connectivity index (χ1) is 9.56. The van der Waals surface area contributed by atoms with Gasteiger partial charge in [-0.2, -0.15) is 0 Å². The highest BCUT2D eigenvalue weighted by atomic mass is 79.9. The Morgan fingerprint density at radius 3 is 2.70 bits per heavy atom. The first kappa shape index (κ1) is 13.0. The number of fused-ring (bicyclic) bond motifs is 1. The molecule has 0 saturated heterocycles. The van der Waals surface area contributed by atoms with Gasteiger partial charge in [0.25, 0.3) is 0 Å². The third-order valence-corrected chi connectivity index (χ3v) is 3.75. The van der Waals surface area contributed by atoms with Crippen molar-refractivity contribution in [2.75, 3.05) is 24.7 Å². The van der Waals surface area contributed by atoms with Crippen molar-refractivity contribution in [1.82, 2.24) is 9.38 Å². The van der Waals surface area contributed by atoms with E-state index in [2.05, 4.69) is 20.9 Å². The van der Waals surface area contributed by atoms with Gasteiger partial charge in [-0.15, -0.1) is 0 Å². The van der Waals surface area contributed by atoms with E-state index in [0.29, 0.717) is 5.82 Å². The summed E-state index contributed by atoms with van der Waals surface area (Å²) in [5.74, 6) is 0.654. The van der Waals surface area contributed by atoms with Crippen molar-refractivity contribution in [3.8, 4) is 11.3 Å². The molecule has 2 N–H and O–H groups in total. The van der Waals surface area contributed by atoms with E-state index in [4.69, 9.17) is 5.73 Å². The van der Waals surface area contributed by atoms with Crippen molar-refractivity contribution in [1.29, 1.82) is 0 Å². The summed E-state index contributed by atoms with van der Waals surface area (Å²) in [6, 6.07) is 12.0. The second-order valence-electron chi connectivity index (χ2n) is 4.87. The number of nitrogens with two attached hydrogens (primary N) is 1. The highest BCUT2D eigenvalue weighted by Gasteiger charge is 2.12. The molecule has 2 heterocycles. The van der Waals surface area contributed by atoms with E-state index in [1.54, 1.807) is 0 Å². The molecule has 0 saturated carbocycles. The molecule has 0 aliphatic heterocycles. The van der Waals surface area contributed by atoms with Crippen LogP contribution in [0.2, 0.25) is 0 Å². The van der Waals surface area contributed by atoms with Gasteiger partial charge in [-0.05, 0) is 24.3 Å². The Balaban J connectivity index is 2.20. The number of anilines is 2. The van der Waals surface area contributed by atoms with Crippen LogP contribution in [0.5, 0.6) is 0 Å². The molecule has 0 aliphatic rings. The zero-order valence-electron chi connectivity index (χ0n) is 11.3. The van der Waals surface area contributed by atoms with Gasteiger partial charge < -0.3 is 10.6 Å². The van der Waals surface area contributed by atoms with Crippen molar-refractivity contribution in [3.05, 3.63) is 47.1 Å². The van der Waals surface area contributed by atoms with Crippen LogP contribution in [-0.2, 0) is 0 Å². The molecule has 102 valence electrons. The van der Waals surface area contributed by atoms with Crippen LogP contribution in [0.3, 0.4) is 0 Å². The molecule has 0 fully saturated rings. The highest BCUT2D eigenvalue weighted by molar-refractivity contribution is 9.10. The van der Waals surface area contributed by atoms with Crippen LogP contribution in [0.4, 0.5) is 11.5 Å². The normalized spacial score (nSPS) is 10.9. The second kappa shape index (κ2) is 4.83. The molecule has 5 heteroatoms. The standard InChI is InChI=1S/C15H15BrN4/c1-19(2)12-6-7-13-18-14(15(17)20(13)9-12)10-4-3-5-11(16)8-10/h3-9H,17H2,1-2H3. The lowest BCUT2D eigenvalue weighted by Crippen LogP contribution is -2.09. The summed E-state index contributed by atoms with van der Waals surface area (Å²) in [5, 5.41) is 0. The predicted molar refractivity (Wildman–Crippen MR) is 87.1 cm³/mol. The molecular formula is C15H15BrN4. The fraction of sp³-hybridized carbons (Fsp3) is 0.133. The minimum absolute atomic E-state index is 0.654. The molecule has 0 aliphatic carbocycles. The van der Waals surface area contributed by atoms with Crippen LogP contribution in [-0.4, -0.2) is 23.5 Å². The largest absolute Gasteiger partial charge is 0.383 e. The van der Waals surface area contributed by atoms with Gasteiger partial charge in [0.15, 0.2) is 0 Å². The van der Waals surface area contributed by atoms with E-state index < -0.39 is 0 Å². The topological polar surface area (TPSA) is 46.6 Å². The first-order valence-corrected chi connectivity index (χ1v) is 7.06. The lowest BCUT2D eigenvalue weighted by Gasteiger charge is -2.12. The summed E-state index contributed by atoms with van der Waals surface area (Å²) >= 11 is 3.48. The average molecular weight is 331 g/mol. The number of hydrogen-bond donors (Lipinski definition) is 1. The lowest BCUT2D eigenvalue weighted by molar-refractivity contribution is 1.09. The molecule has 0 spiro atoms. The number of rotatable bonds is 2. The molecule has 3 rings (SSSR count). The fourth-order valence-electron chi connectivity index (χ4n) is 2.16. The number of imidazole rings is 1. The maximum Gasteiger partial charge on any atom is 0.139 e. The van der Waals surface area contributed by atoms with Crippen LogP contribution in [0.25, 0.3) is 16.9 Å². The predicted octanol–water partition coefficient (Wildman–Crippen LogP) is 3.41. The van der Waals surface area contributed by atoms with Gasteiger partial charge in [0, 0.05) is 30.3 Å². The Morgan fingerprint density at radius 1 is 1.20 bits per heavy atom. The Bertz CT molecular complexity index is 777. The zero-order chi connectivity index (χ0) is 14.3. The number of nitrogens with zero attached hydrogens (tertiary/aromatic N) is 3. The van der Waals surface area contributed by atoms with E-state index in [1.165, 1.54) is 0 Å². The van der Waals surface area contributed by atoms with Gasteiger partial charge in [0.1, 0.15) is 17.2 Å². The molecule has 0 unspecified atom stereocenters. The van der Waals surface area contributed by atoms with Gasteiger partial charge >= 0.3 is 0 Å². The molecule has 1 aromatic carbocycles. The molecule has 20 heavy (non-hydrogen) atoms. The van der Waals surface area contributed by atoms with Crippen molar-refractivity contribution >= 4 is 33.1 Å². The van der Waals surface area contributed by atoms with Crippen LogP contribution in [0.15, 0.2) is 47.1 Å². The van der Waals surface area contributed by atoms with E-state index in [1.807, 2.05) is 66.0 Å². The van der Waals surface area contributed by atoms with Crippen molar-refractivity contribution in [3.63, 3.8) is 0 Å². The van der Waals surface area contributed by atoms with Gasteiger partial charge in [-0.25, -0.2) is 4.98 Å². The number of pyridine rings is 1. The molecule has 0 bridgehead atoms. The Kier molecular flexibility index (Phi) is 3.14. The molecule has 3 aromatic rings. The number of benzene rings is 1. The average Bonchev–Trinajstić information content (AvgIpc) is 2.76. The third-order valence-electron chi connectivity index (χ3n) is 3.25. The summed E-state index contributed by atoms with van der Waals surface area (Å²) in [5.41, 5.74) is 10.0. The zero-order valence-corrected chi connectivity index (χ0v) is 12.9. The minimum Gasteiger partial charge on any atom is -0.383 e. The highest BCUT2D eigenvalue weighted by Crippen LogP contribution is 2.29. The summed E-state index contributed by atoms with van der Waals surface area (Å²) in [6.45, 7) is 0. The van der Waals surface area contributed by atoms with E-state index in [9.17, 15) is 0 Å². The monoisotopic (exact) mass is 330 g/mol. The fourth-order valence-corrected chi connectivity index (χ4v) is 2.56. The maximum atomic E-state index is 6.26. The molecule has 0 amide bonds. The van der Waals surface area contributed by atoms with E-state index in [0.717, 1.165) is 27.1 Å². The SMILES string of the molecule is CN(C)c1ccc2nc(-c3cccc(Br)c3)c(N)n2c1. The van der Waals surface area contributed by atoms with E-state index in [-0.39, 0.29) is 0 Å². The Labute approximate surface area is 126 Å².